The summed E-state index contributed by atoms with van der Waals surface area (Å²) in [5, 5.41) is 9.29. The Hall–Kier alpha value is -1.37. The molecule has 2 aromatic rings. The van der Waals surface area contributed by atoms with Gasteiger partial charge < -0.3 is 0 Å². The molecule has 0 bridgehead atoms. The molecule has 90 valence electrons. The summed E-state index contributed by atoms with van der Waals surface area (Å²) >= 11 is 3.26. The fraction of sp³-hybridized carbons (Fsp3) is 0.133. The molecule has 0 aliphatic rings. The first-order valence-corrected chi connectivity index (χ1v) is 7.60. The van der Waals surface area contributed by atoms with Gasteiger partial charge in [-0.2, -0.15) is 5.26 Å². The van der Waals surface area contributed by atoms with E-state index in [0.717, 1.165) is 15.4 Å². The van der Waals surface area contributed by atoms with Crippen molar-refractivity contribution in [2.45, 2.75) is 21.6 Å². The van der Waals surface area contributed by atoms with Crippen LogP contribution in [0.3, 0.4) is 0 Å². The number of rotatable bonds is 3. The predicted molar refractivity (Wildman–Crippen MR) is 78.2 cm³/mol. The molecule has 0 aliphatic heterocycles. The fourth-order valence-corrected chi connectivity index (χ4v) is 3.37. The number of aryl methyl sites for hydroxylation is 1. The van der Waals surface area contributed by atoms with E-state index in [1.165, 1.54) is 10.5 Å². The Balaban J connectivity index is 2.38. The third-order valence-electron chi connectivity index (χ3n) is 2.54. The van der Waals surface area contributed by atoms with Gasteiger partial charge in [0.1, 0.15) is 6.07 Å². The molecule has 2 rings (SSSR count). The second-order valence-corrected chi connectivity index (χ2v) is 5.83. The molecule has 0 aliphatic carbocycles. The number of hydrogen-bond acceptors (Lipinski definition) is 3. The van der Waals surface area contributed by atoms with Crippen LogP contribution in [0.5, 0.6) is 0 Å². The van der Waals surface area contributed by atoms with Gasteiger partial charge in [-0.25, -0.2) is 0 Å². The first kappa shape index (κ1) is 13.1. The highest BCUT2D eigenvalue weighted by Crippen LogP contribution is 2.34. The molecule has 18 heavy (non-hydrogen) atoms. The van der Waals surface area contributed by atoms with Crippen LogP contribution < -0.4 is 0 Å². The second-order valence-electron chi connectivity index (χ2n) is 3.86. The zero-order valence-corrected chi connectivity index (χ0v) is 11.9. The Morgan fingerprint density at radius 2 is 1.78 bits per heavy atom. The molecule has 0 saturated heterocycles. The molecule has 3 heteroatoms. The van der Waals surface area contributed by atoms with Gasteiger partial charge in [-0.3, -0.25) is 0 Å². The number of nitrogens with zero attached hydrogens (tertiary/aromatic N) is 1. The topological polar surface area (TPSA) is 23.8 Å². The van der Waals surface area contributed by atoms with E-state index in [2.05, 4.69) is 31.2 Å². The van der Waals surface area contributed by atoms with Crippen molar-refractivity contribution in [3.63, 3.8) is 0 Å². The summed E-state index contributed by atoms with van der Waals surface area (Å²) in [6.07, 6.45) is 2.00. The molecule has 1 nitrogen and oxygen atoms in total. The van der Waals surface area contributed by atoms with Crippen molar-refractivity contribution in [3.8, 4) is 6.07 Å². The maximum Gasteiger partial charge on any atom is 0.101 e. The van der Waals surface area contributed by atoms with E-state index in [1.54, 1.807) is 23.5 Å². The summed E-state index contributed by atoms with van der Waals surface area (Å²) in [5.41, 5.74) is 2.01. The lowest BCUT2D eigenvalue weighted by Crippen LogP contribution is -1.85. The van der Waals surface area contributed by atoms with Gasteiger partial charge in [0.15, 0.2) is 0 Å². The Morgan fingerprint density at radius 1 is 1.06 bits per heavy atom. The quantitative estimate of drug-likeness (QED) is 0.753. The Labute approximate surface area is 116 Å². The fourth-order valence-electron chi connectivity index (χ4n) is 1.68. The minimum Gasteiger partial charge on any atom is -0.192 e. The van der Waals surface area contributed by atoms with Gasteiger partial charge in [-0.05, 0) is 37.4 Å². The standard InChI is InChI=1S/C15H13NS2/c1-11-5-3-6-12(9-11)18-15-8-4-7-14(17-2)13(15)10-16/h3-9H,1-2H3. The van der Waals surface area contributed by atoms with E-state index in [9.17, 15) is 5.26 Å². The van der Waals surface area contributed by atoms with Crippen LogP contribution in [0.4, 0.5) is 0 Å². The van der Waals surface area contributed by atoms with E-state index in [1.807, 2.05) is 30.5 Å². The molecule has 2 aromatic carbocycles. The Bertz CT molecular complexity index is 600. The van der Waals surface area contributed by atoms with Crippen LogP contribution in [0.15, 0.2) is 57.2 Å². The number of hydrogen-bond donors (Lipinski definition) is 0. The lowest BCUT2D eigenvalue weighted by Gasteiger charge is -2.07. The molecule has 0 aromatic heterocycles. The maximum absolute atomic E-state index is 9.29. The summed E-state index contributed by atoms with van der Waals surface area (Å²) in [6.45, 7) is 2.08. The largest absolute Gasteiger partial charge is 0.192 e. The summed E-state index contributed by atoms with van der Waals surface area (Å²) < 4.78 is 0. The van der Waals surface area contributed by atoms with Crippen molar-refractivity contribution in [2.24, 2.45) is 0 Å². The third kappa shape index (κ3) is 2.90. The van der Waals surface area contributed by atoms with E-state index in [-0.39, 0.29) is 0 Å². The van der Waals surface area contributed by atoms with Crippen LogP contribution in [0.25, 0.3) is 0 Å². The minimum atomic E-state index is 0.775. The number of thioether (sulfide) groups is 1. The molecule has 0 heterocycles. The van der Waals surface area contributed by atoms with E-state index < -0.39 is 0 Å². The molecule has 0 atom stereocenters. The van der Waals surface area contributed by atoms with E-state index in [0.29, 0.717) is 0 Å². The summed E-state index contributed by atoms with van der Waals surface area (Å²) in [6, 6.07) is 16.6. The molecular formula is C15H13NS2. The smallest absolute Gasteiger partial charge is 0.101 e. The third-order valence-corrected chi connectivity index (χ3v) is 4.37. The van der Waals surface area contributed by atoms with Crippen molar-refractivity contribution in [3.05, 3.63) is 53.6 Å². The molecular weight excluding hydrogens is 258 g/mol. The van der Waals surface area contributed by atoms with Crippen LogP contribution in [-0.4, -0.2) is 6.26 Å². The molecule has 0 unspecified atom stereocenters. The monoisotopic (exact) mass is 271 g/mol. The minimum absolute atomic E-state index is 0.775. The van der Waals surface area contributed by atoms with Gasteiger partial charge in [0.05, 0.1) is 5.56 Å². The number of benzene rings is 2. The predicted octanol–water partition coefficient (Wildman–Crippen LogP) is 4.74. The van der Waals surface area contributed by atoms with Gasteiger partial charge in [0, 0.05) is 14.7 Å². The summed E-state index contributed by atoms with van der Waals surface area (Å²) in [7, 11) is 0. The SMILES string of the molecule is CSc1cccc(Sc2cccc(C)c2)c1C#N. The van der Waals surface area contributed by atoms with Gasteiger partial charge in [0.25, 0.3) is 0 Å². The first-order chi connectivity index (χ1) is 8.74. The van der Waals surface area contributed by atoms with Crippen LogP contribution in [0.1, 0.15) is 11.1 Å². The van der Waals surface area contributed by atoms with Crippen molar-refractivity contribution >= 4 is 23.5 Å². The second kappa shape index (κ2) is 5.99. The Kier molecular flexibility index (Phi) is 4.35. The molecule has 0 N–H and O–H groups in total. The Morgan fingerprint density at radius 3 is 2.44 bits per heavy atom. The van der Waals surface area contributed by atoms with Crippen molar-refractivity contribution in [1.29, 1.82) is 5.26 Å². The zero-order chi connectivity index (χ0) is 13.0. The zero-order valence-electron chi connectivity index (χ0n) is 10.3. The van der Waals surface area contributed by atoms with Gasteiger partial charge in [-0.15, -0.1) is 11.8 Å². The van der Waals surface area contributed by atoms with Gasteiger partial charge in [0.2, 0.25) is 0 Å². The highest BCUT2D eigenvalue weighted by atomic mass is 32.2. The number of nitriles is 1. The lowest BCUT2D eigenvalue weighted by molar-refractivity contribution is 1.25. The summed E-state index contributed by atoms with van der Waals surface area (Å²) in [4.78, 5) is 3.23. The molecule has 0 saturated carbocycles. The molecule has 0 fully saturated rings. The van der Waals surface area contributed by atoms with Gasteiger partial charge in [-0.1, -0.05) is 35.5 Å². The highest BCUT2D eigenvalue weighted by Gasteiger charge is 2.08. The first-order valence-electron chi connectivity index (χ1n) is 5.56. The van der Waals surface area contributed by atoms with Crippen LogP contribution in [0, 0.1) is 18.3 Å². The summed E-state index contributed by atoms with van der Waals surface area (Å²) in [5.74, 6) is 0. The molecule has 0 spiro atoms. The molecule has 0 radical (unpaired) electrons. The van der Waals surface area contributed by atoms with Crippen molar-refractivity contribution < 1.29 is 0 Å². The average Bonchev–Trinajstić information content (AvgIpc) is 2.38. The normalized spacial score (nSPS) is 10.1. The van der Waals surface area contributed by atoms with Crippen LogP contribution >= 0.6 is 23.5 Å². The highest BCUT2D eigenvalue weighted by molar-refractivity contribution is 8.00. The van der Waals surface area contributed by atoms with Crippen LogP contribution in [0.2, 0.25) is 0 Å². The maximum atomic E-state index is 9.29. The van der Waals surface area contributed by atoms with E-state index >= 15 is 0 Å². The lowest BCUT2D eigenvalue weighted by atomic mass is 10.2. The molecule has 0 amide bonds. The van der Waals surface area contributed by atoms with Gasteiger partial charge >= 0.3 is 0 Å². The van der Waals surface area contributed by atoms with Crippen LogP contribution in [-0.2, 0) is 0 Å². The average molecular weight is 271 g/mol. The van der Waals surface area contributed by atoms with Crippen molar-refractivity contribution in [2.75, 3.05) is 6.26 Å². The van der Waals surface area contributed by atoms with E-state index in [4.69, 9.17) is 0 Å². The van der Waals surface area contributed by atoms with Crippen molar-refractivity contribution in [1.82, 2.24) is 0 Å².